The normalized spacial score (nSPS) is 11.0. The molecule has 0 saturated carbocycles. The van der Waals surface area contributed by atoms with Crippen molar-refractivity contribution in [2.45, 2.75) is 16.9 Å². The van der Waals surface area contributed by atoms with Gasteiger partial charge in [0.25, 0.3) is 0 Å². The number of carbonyl (C=O) groups is 1. The molecule has 144 valence electrons. The van der Waals surface area contributed by atoms with E-state index in [0.717, 1.165) is 19.4 Å². The first-order chi connectivity index (χ1) is 13.4. The topological polar surface area (TPSA) is 66.6 Å². The summed E-state index contributed by atoms with van der Waals surface area (Å²) in [6, 6.07) is 14.3. The molecule has 0 bridgehead atoms. The maximum atomic E-state index is 11.9. The summed E-state index contributed by atoms with van der Waals surface area (Å²) in [5, 5.41) is 7.98. The number of halogens is 3. The van der Waals surface area contributed by atoms with Gasteiger partial charge in [0.1, 0.15) is 5.76 Å². The summed E-state index contributed by atoms with van der Waals surface area (Å²) in [5.41, 5.74) is 4.11. The van der Waals surface area contributed by atoms with Gasteiger partial charge < -0.3 is 9.73 Å². The maximum absolute atomic E-state index is 11.9. The summed E-state index contributed by atoms with van der Waals surface area (Å²) < 4.78 is 7.51. The summed E-state index contributed by atoms with van der Waals surface area (Å²) in [5.74, 6) is 0.503. The van der Waals surface area contributed by atoms with Gasteiger partial charge >= 0.3 is 6.03 Å². The Labute approximate surface area is 188 Å². The average Bonchev–Trinajstić information content (AvgIpc) is 2.99. The van der Waals surface area contributed by atoms with E-state index in [1.807, 2.05) is 43.3 Å². The Morgan fingerprint density at radius 1 is 1.14 bits per heavy atom. The number of rotatable bonds is 5. The van der Waals surface area contributed by atoms with Crippen LogP contribution in [0.5, 0.6) is 0 Å². The molecule has 2 N–H and O–H groups in total. The molecular formula is C19H14Br2ClN3O2S. The number of hydrazone groups is 1. The molecule has 3 rings (SSSR count). The summed E-state index contributed by atoms with van der Waals surface area (Å²) in [6.45, 7) is 1.94. The number of benzene rings is 2. The fourth-order valence-electron chi connectivity index (χ4n) is 2.15. The SMILES string of the molecule is Cc1cc(NC(=O)N/N=C/c2cc(Br)c(Sc3ccc(Cl)cc3)o2)ccc1Br. The van der Waals surface area contributed by atoms with E-state index >= 15 is 0 Å². The second kappa shape index (κ2) is 9.65. The standard InChI is InChI=1S/C19H14Br2ClN3O2S/c1-11-8-13(4-7-16(11)20)24-19(26)25-23-10-14-9-17(21)18(27-14)28-15-5-2-12(22)3-6-15/h2-10H,1H3,(H2,24,25,26)/b23-10+. The van der Waals surface area contributed by atoms with Crippen LogP contribution in [0.4, 0.5) is 10.5 Å². The Hall–Kier alpha value is -1.74. The van der Waals surface area contributed by atoms with E-state index in [-0.39, 0.29) is 0 Å². The van der Waals surface area contributed by atoms with Crippen LogP contribution in [-0.4, -0.2) is 12.2 Å². The van der Waals surface area contributed by atoms with Crippen LogP contribution in [0, 0.1) is 6.92 Å². The molecule has 1 aromatic heterocycles. The molecule has 0 saturated heterocycles. The van der Waals surface area contributed by atoms with E-state index < -0.39 is 6.03 Å². The Balaban J connectivity index is 1.57. The zero-order valence-corrected chi connectivity index (χ0v) is 19.2. The second-order valence-corrected chi connectivity index (χ2v) is 8.82. The number of amides is 2. The number of nitrogens with one attached hydrogen (secondary N) is 2. The zero-order chi connectivity index (χ0) is 20.1. The quantitative estimate of drug-likeness (QED) is 0.267. The molecular weight excluding hydrogens is 530 g/mol. The monoisotopic (exact) mass is 541 g/mol. The summed E-state index contributed by atoms with van der Waals surface area (Å²) in [7, 11) is 0. The molecule has 28 heavy (non-hydrogen) atoms. The van der Waals surface area contributed by atoms with E-state index in [1.165, 1.54) is 18.0 Å². The van der Waals surface area contributed by atoms with Crippen LogP contribution >= 0.6 is 55.2 Å². The molecule has 0 radical (unpaired) electrons. The van der Waals surface area contributed by atoms with E-state index in [4.69, 9.17) is 16.0 Å². The summed E-state index contributed by atoms with van der Waals surface area (Å²) >= 11 is 14.2. The first kappa shape index (κ1) is 21.0. The van der Waals surface area contributed by atoms with Crippen LogP contribution in [0.3, 0.4) is 0 Å². The van der Waals surface area contributed by atoms with Crippen molar-refractivity contribution < 1.29 is 9.21 Å². The molecule has 0 fully saturated rings. The molecule has 0 aliphatic carbocycles. The van der Waals surface area contributed by atoms with Crippen molar-refractivity contribution in [1.82, 2.24) is 5.43 Å². The average molecular weight is 544 g/mol. The van der Waals surface area contributed by atoms with Crippen LogP contribution in [0.25, 0.3) is 0 Å². The summed E-state index contributed by atoms with van der Waals surface area (Å²) in [6.07, 6.45) is 1.43. The number of hydrogen-bond acceptors (Lipinski definition) is 4. The van der Waals surface area contributed by atoms with Crippen molar-refractivity contribution in [1.29, 1.82) is 0 Å². The van der Waals surface area contributed by atoms with Crippen LogP contribution in [-0.2, 0) is 0 Å². The van der Waals surface area contributed by atoms with Crippen molar-refractivity contribution in [2.24, 2.45) is 5.10 Å². The highest BCUT2D eigenvalue weighted by Gasteiger charge is 2.10. The highest BCUT2D eigenvalue weighted by atomic mass is 79.9. The first-order valence-corrected chi connectivity index (χ1v) is 10.8. The minimum Gasteiger partial charge on any atom is -0.447 e. The van der Waals surface area contributed by atoms with Gasteiger partial charge in [-0.2, -0.15) is 5.10 Å². The third-order valence-corrected chi connectivity index (χ3v) is 6.46. The molecule has 0 unspecified atom stereocenters. The van der Waals surface area contributed by atoms with Crippen molar-refractivity contribution in [3.05, 3.63) is 73.8 Å². The number of furan rings is 1. The van der Waals surface area contributed by atoms with Gasteiger partial charge in [-0.25, -0.2) is 10.2 Å². The van der Waals surface area contributed by atoms with E-state index in [0.29, 0.717) is 21.6 Å². The lowest BCUT2D eigenvalue weighted by atomic mass is 10.2. The second-order valence-electron chi connectivity index (χ2n) is 5.63. The van der Waals surface area contributed by atoms with Crippen molar-refractivity contribution in [3.8, 4) is 0 Å². The number of hydrogen-bond donors (Lipinski definition) is 2. The van der Waals surface area contributed by atoms with Crippen LogP contribution in [0.2, 0.25) is 5.02 Å². The van der Waals surface area contributed by atoms with Crippen molar-refractivity contribution in [3.63, 3.8) is 0 Å². The fraction of sp³-hybridized carbons (Fsp3) is 0.0526. The smallest absolute Gasteiger partial charge is 0.339 e. The van der Waals surface area contributed by atoms with Gasteiger partial charge in [0.2, 0.25) is 0 Å². The lowest BCUT2D eigenvalue weighted by molar-refractivity contribution is 0.252. The number of urea groups is 1. The molecule has 2 amide bonds. The Morgan fingerprint density at radius 2 is 1.89 bits per heavy atom. The van der Waals surface area contributed by atoms with Crippen molar-refractivity contribution >= 4 is 73.2 Å². The van der Waals surface area contributed by atoms with Gasteiger partial charge in [0.05, 0.1) is 10.7 Å². The Bertz CT molecular complexity index is 1020. The third-order valence-electron chi connectivity index (χ3n) is 3.47. The molecule has 1 heterocycles. The van der Waals surface area contributed by atoms with Crippen LogP contribution in [0.1, 0.15) is 11.3 Å². The molecule has 5 nitrogen and oxygen atoms in total. The molecule has 9 heteroatoms. The minimum atomic E-state index is -0.445. The number of anilines is 1. The molecule has 2 aromatic carbocycles. The number of aryl methyl sites for hydroxylation is 1. The predicted molar refractivity (Wildman–Crippen MR) is 121 cm³/mol. The van der Waals surface area contributed by atoms with Gasteiger partial charge in [0, 0.05) is 26.1 Å². The maximum Gasteiger partial charge on any atom is 0.339 e. The van der Waals surface area contributed by atoms with E-state index in [1.54, 1.807) is 12.1 Å². The largest absolute Gasteiger partial charge is 0.447 e. The number of nitrogens with zero attached hydrogens (tertiary/aromatic N) is 1. The lowest BCUT2D eigenvalue weighted by Gasteiger charge is -2.05. The predicted octanol–water partition coefficient (Wildman–Crippen LogP) is 7.07. The molecule has 3 aromatic rings. The first-order valence-electron chi connectivity index (χ1n) is 7.99. The van der Waals surface area contributed by atoms with Gasteiger partial charge in [-0.3, -0.25) is 0 Å². The van der Waals surface area contributed by atoms with Gasteiger partial charge in [0.15, 0.2) is 5.09 Å². The van der Waals surface area contributed by atoms with Crippen LogP contribution in [0.15, 0.2) is 77.0 Å². The van der Waals surface area contributed by atoms with Crippen molar-refractivity contribution in [2.75, 3.05) is 5.32 Å². The van der Waals surface area contributed by atoms with Gasteiger partial charge in [-0.1, -0.05) is 39.3 Å². The van der Waals surface area contributed by atoms with Crippen LogP contribution < -0.4 is 10.7 Å². The Morgan fingerprint density at radius 3 is 2.61 bits per heavy atom. The van der Waals surface area contributed by atoms with E-state index in [9.17, 15) is 4.79 Å². The zero-order valence-electron chi connectivity index (χ0n) is 14.5. The molecule has 0 aliphatic heterocycles. The highest BCUT2D eigenvalue weighted by Crippen LogP contribution is 2.35. The highest BCUT2D eigenvalue weighted by molar-refractivity contribution is 9.10. The third kappa shape index (κ3) is 5.88. The fourth-order valence-corrected chi connectivity index (χ4v) is 3.85. The van der Waals surface area contributed by atoms with Gasteiger partial charge in [-0.05, 0) is 70.9 Å². The number of carbonyl (C=O) groups excluding carboxylic acids is 1. The summed E-state index contributed by atoms with van der Waals surface area (Å²) in [4.78, 5) is 12.9. The molecule has 0 spiro atoms. The van der Waals surface area contributed by atoms with E-state index in [2.05, 4.69) is 47.7 Å². The Kier molecular flexibility index (Phi) is 7.23. The van der Waals surface area contributed by atoms with Gasteiger partial charge in [-0.15, -0.1) is 0 Å². The molecule has 0 aliphatic rings. The minimum absolute atomic E-state index is 0.445. The molecule has 0 atom stereocenters. The lowest BCUT2D eigenvalue weighted by Crippen LogP contribution is -2.24.